The Labute approximate surface area is 164 Å². The fourth-order valence-corrected chi connectivity index (χ4v) is 2.66. The van der Waals surface area contributed by atoms with Gasteiger partial charge in [0.05, 0.1) is 38.7 Å². The summed E-state index contributed by atoms with van der Waals surface area (Å²) >= 11 is 0. The van der Waals surface area contributed by atoms with E-state index in [0.29, 0.717) is 30.3 Å². The zero-order valence-corrected chi connectivity index (χ0v) is 15.8. The van der Waals surface area contributed by atoms with Gasteiger partial charge in [-0.25, -0.2) is 4.79 Å². The van der Waals surface area contributed by atoms with Gasteiger partial charge in [0, 0.05) is 36.3 Å². The number of aromatic nitrogens is 2. The van der Waals surface area contributed by atoms with Gasteiger partial charge in [-0.05, 0) is 24.3 Å². The van der Waals surface area contributed by atoms with E-state index in [0.717, 1.165) is 11.4 Å². The van der Waals surface area contributed by atoms with E-state index in [2.05, 4.69) is 15.3 Å². The Morgan fingerprint density at radius 1 is 0.893 bits per heavy atom. The fourth-order valence-electron chi connectivity index (χ4n) is 2.66. The zero-order chi connectivity index (χ0) is 19.8. The maximum atomic E-state index is 13.0. The maximum absolute atomic E-state index is 13.0. The first kappa shape index (κ1) is 19.2. The first-order valence-electron chi connectivity index (χ1n) is 8.77. The van der Waals surface area contributed by atoms with Crippen LogP contribution in [0.15, 0.2) is 67.0 Å². The number of hydrogen-bond acceptors (Lipinski definition) is 5. The van der Waals surface area contributed by atoms with E-state index in [-0.39, 0.29) is 6.03 Å². The molecule has 2 aromatic heterocycles. The topological polar surface area (TPSA) is 76.6 Å². The molecular weight excluding hydrogens is 356 g/mol. The Kier molecular flexibility index (Phi) is 6.41. The Morgan fingerprint density at radius 2 is 1.43 bits per heavy atom. The predicted molar refractivity (Wildman–Crippen MR) is 106 cm³/mol. The monoisotopic (exact) mass is 378 g/mol. The summed E-state index contributed by atoms with van der Waals surface area (Å²) in [4.78, 5) is 23.3. The number of benzene rings is 1. The van der Waals surface area contributed by atoms with Crippen molar-refractivity contribution in [1.82, 2.24) is 14.9 Å². The summed E-state index contributed by atoms with van der Waals surface area (Å²) in [7, 11) is 3.13. The van der Waals surface area contributed by atoms with Crippen LogP contribution in [-0.2, 0) is 13.1 Å². The van der Waals surface area contributed by atoms with E-state index in [9.17, 15) is 4.79 Å². The molecule has 1 aromatic carbocycles. The molecule has 0 bridgehead atoms. The molecule has 7 nitrogen and oxygen atoms in total. The van der Waals surface area contributed by atoms with Gasteiger partial charge < -0.3 is 19.7 Å². The summed E-state index contributed by atoms with van der Waals surface area (Å²) in [6.45, 7) is 0.703. The number of nitrogens with one attached hydrogen (secondary N) is 1. The second kappa shape index (κ2) is 9.36. The average molecular weight is 378 g/mol. The number of rotatable bonds is 7. The first-order chi connectivity index (χ1) is 13.7. The smallest absolute Gasteiger partial charge is 0.322 e. The van der Waals surface area contributed by atoms with Gasteiger partial charge in [-0.15, -0.1) is 0 Å². The Morgan fingerprint density at radius 3 is 1.86 bits per heavy atom. The SMILES string of the molecule is COc1cc(NC(=O)N(Cc2ccccn2)Cc2ccccn2)cc(OC)c1. The molecule has 7 heteroatoms. The van der Waals surface area contributed by atoms with E-state index in [1.54, 1.807) is 49.7 Å². The number of nitrogens with zero attached hydrogens (tertiary/aromatic N) is 3. The van der Waals surface area contributed by atoms with Crippen LogP contribution in [0.3, 0.4) is 0 Å². The lowest BCUT2D eigenvalue weighted by Gasteiger charge is -2.23. The van der Waals surface area contributed by atoms with Crippen LogP contribution in [0.5, 0.6) is 11.5 Å². The Hall–Kier alpha value is -3.61. The second-order valence-corrected chi connectivity index (χ2v) is 6.03. The number of hydrogen-bond donors (Lipinski definition) is 1. The third-order valence-corrected chi connectivity index (χ3v) is 4.05. The molecule has 0 fully saturated rings. The highest BCUT2D eigenvalue weighted by Gasteiger charge is 2.17. The molecule has 3 aromatic rings. The highest BCUT2D eigenvalue weighted by atomic mass is 16.5. The molecule has 0 radical (unpaired) electrons. The highest BCUT2D eigenvalue weighted by Crippen LogP contribution is 2.26. The van der Waals surface area contributed by atoms with Crippen molar-refractivity contribution in [3.05, 3.63) is 78.4 Å². The molecule has 2 heterocycles. The van der Waals surface area contributed by atoms with Gasteiger partial charge >= 0.3 is 6.03 Å². The Bertz CT molecular complexity index is 840. The molecule has 2 amide bonds. The largest absolute Gasteiger partial charge is 0.497 e. The third kappa shape index (κ3) is 5.20. The van der Waals surface area contributed by atoms with Crippen molar-refractivity contribution < 1.29 is 14.3 Å². The number of methoxy groups -OCH3 is 2. The average Bonchev–Trinajstić information content (AvgIpc) is 2.74. The normalized spacial score (nSPS) is 10.2. The minimum absolute atomic E-state index is 0.272. The van der Waals surface area contributed by atoms with Gasteiger partial charge in [0.15, 0.2) is 0 Å². The standard InChI is InChI=1S/C21H22N4O3/c1-27-19-11-18(12-20(13-19)28-2)24-21(26)25(14-16-7-3-5-9-22-16)15-17-8-4-6-10-23-17/h3-13H,14-15H2,1-2H3,(H,24,26). The molecule has 0 unspecified atom stereocenters. The van der Waals surface area contributed by atoms with Crippen LogP contribution in [0.2, 0.25) is 0 Å². The number of carbonyl (C=O) groups is 1. The van der Waals surface area contributed by atoms with E-state index in [1.807, 2.05) is 36.4 Å². The molecule has 0 spiro atoms. The summed E-state index contributed by atoms with van der Waals surface area (Å²) in [5.74, 6) is 1.19. The fraction of sp³-hybridized carbons (Fsp3) is 0.190. The minimum atomic E-state index is -0.272. The van der Waals surface area contributed by atoms with E-state index in [4.69, 9.17) is 9.47 Å². The molecule has 1 N–H and O–H groups in total. The zero-order valence-electron chi connectivity index (χ0n) is 15.8. The number of amides is 2. The van der Waals surface area contributed by atoms with Crippen molar-refractivity contribution in [1.29, 1.82) is 0 Å². The van der Waals surface area contributed by atoms with Crippen LogP contribution < -0.4 is 14.8 Å². The van der Waals surface area contributed by atoms with Crippen molar-refractivity contribution in [2.75, 3.05) is 19.5 Å². The number of ether oxygens (including phenoxy) is 2. The molecule has 28 heavy (non-hydrogen) atoms. The molecule has 0 atom stereocenters. The summed E-state index contributed by atoms with van der Waals surface area (Å²) in [5.41, 5.74) is 2.15. The van der Waals surface area contributed by atoms with Gasteiger partial charge in [-0.1, -0.05) is 12.1 Å². The molecular formula is C21H22N4O3. The highest BCUT2D eigenvalue weighted by molar-refractivity contribution is 5.89. The number of urea groups is 1. The van der Waals surface area contributed by atoms with E-state index in [1.165, 1.54) is 0 Å². The van der Waals surface area contributed by atoms with Crippen LogP contribution in [-0.4, -0.2) is 35.1 Å². The van der Waals surface area contributed by atoms with Gasteiger partial charge in [0.2, 0.25) is 0 Å². The number of carbonyl (C=O) groups excluding carboxylic acids is 1. The molecule has 144 valence electrons. The second-order valence-electron chi connectivity index (χ2n) is 6.03. The van der Waals surface area contributed by atoms with Gasteiger partial charge in [-0.2, -0.15) is 0 Å². The third-order valence-electron chi connectivity index (χ3n) is 4.05. The lowest BCUT2D eigenvalue weighted by atomic mass is 10.2. The van der Waals surface area contributed by atoms with Gasteiger partial charge in [-0.3, -0.25) is 9.97 Å². The van der Waals surface area contributed by atoms with Crippen LogP contribution in [0.1, 0.15) is 11.4 Å². The quantitative estimate of drug-likeness (QED) is 0.678. The van der Waals surface area contributed by atoms with Crippen LogP contribution in [0.4, 0.5) is 10.5 Å². The molecule has 0 saturated carbocycles. The molecule has 0 aliphatic carbocycles. The lowest BCUT2D eigenvalue weighted by molar-refractivity contribution is 0.205. The summed E-state index contributed by atoms with van der Waals surface area (Å²) in [6, 6.07) is 16.2. The summed E-state index contributed by atoms with van der Waals surface area (Å²) in [5, 5.41) is 2.90. The van der Waals surface area contributed by atoms with E-state index < -0.39 is 0 Å². The molecule has 0 aliphatic rings. The summed E-state index contributed by atoms with van der Waals surface area (Å²) < 4.78 is 10.5. The van der Waals surface area contributed by atoms with Crippen molar-refractivity contribution in [3.63, 3.8) is 0 Å². The number of pyridine rings is 2. The first-order valence-corrected chi connectivity index (χ1v) is 8.77. The van der Waals surface area contributed by atoms with Crippen molar-refractivity contribution in [2.45, 2.75) is 13.1 Å². The maximum Gasteiger partial charge on any atom is 0.322 e. The van der Waals surface area contributed by atoms with Crippen molar-refractivity contribution >= 4 is 11.7 Å². The molecule has 0 saturated heterocycles. The van der Waals surface area contributed by atoms with Crippen LogP contribution >= 0.6 is 0 Å². The van der Waals surface area contributed by atoms with Crippen LogP contribution in [0, 0.1) is 0 Å². The number of anilines is 1. The lowest BCUT2D eigenvalue weighted by Crippen LogP contribution is -2.34. The Balaban J connectivity index is 1.81. The van der Waals surface area contributed by atoms with Gasteiger partial charge in [0.25, 0.3) is 0 Å². The van der Waals surface area contributed by atoms with Gasteiger partial charge in [0.1, 0.15) is 11.5 Å². The van der Waals surface area contributed by atoms with Crippen LogP contribution in [0.25, 0.3) is 0 Å². The van der Waals surface area contributed by atoms with E-state index >= 15 is 0 Å². The minimum Gasteiger partial charge on any atom is -0.497 e. The molecule has 0 aliphatic heterocycles. The van der Waals surface area contributed by atoms with Crippen molar-refractivity contribution in [2.24, 2.45) is 0 Å². The van der Waals surface area contributed by atoms with Crippen molar-refractivity contribution in [3.8, 4) is 11.5 Å². The summed E-state index contributed by atoms with van der Waals surface area (Å²) in [6.07, 6.45) is 3.41. The predicted octanol–water partition coefficient (Wildman–Crippen LogP) is 3.73. The molecule has 3 rings (SSSR count).